The first-order chi connectivity index (χ1) is 6.22. The summed E-state index contributed by atoms with van der Waals surface area (Å²) in [7, 11) is 0. The number of thiophene rings is 1. The summed E-state index contributed by atoms with van der Waals surface area (Å²) in [6.45, 7) is 0. The van der Waals surface area contributed by atoms with Crippen molar-refractivity contribution in [2.75, 3.05) is 0 Å². The van der Waals surface area contributed by atoms with Crippen LogP contribution in [0.2, 0.25) is 5.02 Å². The standard InChI is InChI=1S/C9H4ClIOS/c10-6-4-13-8-2-5(3-12)1-7(11)9(6)8/h1-4H. The maximum atomic E-state index is 10.6. The number of carbonyl (C=O) groups is 1. The van der Waals surface area contributed by atoms with Crippen molar-refractivity contribution < 1.29 is 4.79 Å². The van der Waals surface area contributed by atoms with Crippen LogP contribution in [0.15, 0.2) is 17.5 Å². The summed E-state index contributed by atoms with van der Waals surface area (Å²) < 4.78 is 2.10. The predicted molar refractivity (Wildman–Crippen MR) is 64.9 cm³/mol. The van der Waals surface area contributed by atoms with Crippen molar-refractivity contribution in [3.8, 4) is 0 Å². The van der Waals surface area contributed by atoms with E-state index in [0.717, 1.165) is 25.0 Å². The van der Waals surface area contributed by atoms with Crippen molar-refractivity contribution in [2.24, 2.45) is 0 Å². The molecule has 2 rings (SSSR count). The van der Waals surface area contributed by atoms with Crippen LogP contribution in [-0.4, -0.2) is 6.29 Å². The van der Waals surface area contributed by atoms with Crippen LogP contribution in [-0.2, 0) is 0 Å². The fourth-order valence-electron chi connectivity index (χ4n) is 1.17. The molecule has 0 aliphatic carbocycles. The first-order valence-electron chi connectivity index (χ1n) is 3.54. The second-order valence-corrected chi connectivity index (χ2v) is 5.06. The maximum Gasteiger partial charge on any atom is 0.150 e. The summed E-state index contributed by atoms with van der Waals surface area (Å²) in [6.07, 6.45) is 0.856. The third-order valence-electron chi connectivity index (χ3n) is 1.74. The van der Waals surface area contributed by atoms with E-state index in [1.165, 1.54) is 0 Å². The van der Waals surface area contributed by atoms with Gasteiger partial charge in [0.15, 0.2) is 0 Å². The summed E-state index contributed by atoms with van der Waals surface area (Å²) in [5, 5.41) is 3.71. The van der Waals surface area contributed by atoms with E-state index in [1.54, 1.807) is 11.3 Å². The average Bonchev–Trinajstić information content (AvgIpc) is 2.48. The number of carbonyl (C=O) groups excluding carboxylic acids is 1. The molecule has 0 atom stereocenters. The summed E-state index contributed by atoms with van der Waals surface area (Å²) in [5.41, 5.74) is 0.704. The largest absolute Gasteiger partial charge is 0.298 e. The van der Waals surface area contributed by atoms with Crippen molar-refractivity contribution in [1.82, 2.24) is 0 Å². The number of benzene rings is 1. The molecule has 0 radical (unpaired) electrons. The lowest BCUT2D eigenvalue weighted by Crippen LogP contribution is -1.81. The van der Waals surface area contributed by atoms with Gasteiger partial charge in [0.25, 0.3) is 0 Å². The molecule has 0 saturated heterocycles. The number of hydrogen-bond acceptors (Lipinski definition) is 2. The maximum absolute atomic E-state index is 10.6. The van der Waals surface area contributed by atoms with Gasteiger partial charge in [-0.2, -0.15) is 0 Å². The smallest absolute Gasteiger partial charge is 0.150 e. The topological polar surface area (TPSA) is 17.1 Å². The van der Waals surface area contributed by atoms with Crippen molar-refractivity contribution in [1.29, 1.82) is 0 Å². The summed E-state index contributed by atoms with van der Waals surface area (Å²) in [4.78, 5) is 10.6. The quantitative estimate of drug-likeness (QED) is 0.573. The van der Waals surface area contributed by atoms with Gasteiger partial charge in [-0.25, -0.2) is 0 Å². The van der Waals surface area contributed by atoms with Gasteiger partial charge in [0.1, 0.15) is 6.29 Å². The molecule has 0 spiro atoms. The van der Waals surface area contributed by atoms with Crippen LogP contribution in [0.25, 0.3) is 10.1 Å². The molecular weight excluding hydrogens is 319 g/mol. The van der Waals surface area contributed by atoms with E-state index < -0.39 is 0 Å². The Balaban J connectivity index is 2.86. The molecule has 1 nitrogen and oxygen atoms in total. The molecule has 0 fully saturated rings. The van der Waals surface area contributed by atoms with Gasteiger partial charge in [0.05, 0.1) is 5.02 Å². The van der Waals surface area contributed by atoms with Crippen molar-refractivity contribution in [3.63, 3.8) is 0 Å². The number of hydrogen-bond donors (Lipinski definition) is 0. The van der Waals surface area contributed by atoms with E-state index in [4.69, 9.17) is 11.6 Å². The normalized spacial score (nSPS) is 10.6. The van der Waals surface area contributed by atoms with E-state index in [9.17, 15) is 4.79 Å². The Hall–Kier alpha value is -0.130. The van der Waals surface area contributed by atoms with E-state index in [2.05, 4.69) is 22.6 Å². The number of aldehydes is 1. The number of halogens is 2. The molecular formula is C9H4ClIOS. The van der Waals surface area contributed by atoms with Gasteiger partial charge in [0.2, 0.25) is 0 Å². The molecule has 0 aliphatic heterocycles. The Morgan fingerprint density at radius 1 is 1.46 bits per heavy atom. The van der Waals surface area contributed by atoms with Gasteiger partial charge in [-0.3, -0.25) is 4.79 Å². The van der Waals surface area contributed by atoms with Crippen LogP contribution in [0.3, 0.4) is 0 Å². The molecule has 0 saturated carbocycles. The Bertz CT molecular complexity index is 478. The molecule has 0 bridgehead atoms. The molecule has 1 aromatic carbocycles. The summed E-state index contributed by atoms with van der Waals surface area (Å²) in [5.74, 6) is 0. The van der Waals surface area contributed by atoms with E-state index >= 15 is 0 Å². The van der Waals surface area contributed by atoms with E-state index in [0.29, 0.717) is 5.56 Å². The van der Waals surface area contributed by atoms with Gasteiger partial charge in [-0.15, -0.1) is 11.3 Å². The molecule has 0 amide bonds. The van der Waals surface area contributed by atoms with E-state index in [-0.39, 0.29) is 0 Å². The molecule has 2 aromatic rings. The molecule has 0 N–H and O–H groups in total. The molecule has 1 heterocycles. The highest BCUT2D eigenvalue weighted by Crippen LogP contribution is 2.34. The second kappa shape index (κ2) is 3.55. The van der Waals surface area contributed by atoms with Crippen molar-refractivity contribution >= 4 is 61.9 Å². The second-order valence-electron chi connectivity index (χ2n) is 2.58. The minimum atomic E-state index is 0.704. The lowest BCUT2D eigenvalue weighted by Gasteiger charge is -1.96. The third-order valence-corrected chi connectivity index (χ3v) is 3.95. The van der Waals surface area contributed by atoms with Gasteiger partial charge in [-0.05, 0) is 34.7 Å². The van der Waals surface area contributed by atoms with Crippen LogP contribution < -0.4 is 0 Å². The van der Waals surface area contributed by atoms with Crippen LogP contribution in [0.1, 0.15) is 10.4 Å². The minimum absolute atomic E-state index is 0.704. The number of fused-ring (bicyclic) bond motifs is 1. The molecule has 4 heteroatoms. The lowest BCUT2D eigenvalue weighted by molar-refractivity contribution is 0.112. The minimum Gasteiger partial charge on any atom is -0.298 e. The highest BCUT2D eigenvalue weighted by molar-refractivity contribution is 14.1. The van der Waals surface area contributed by atoms with Crippen molar-refractivity contribution in [3.05, 3.63) is 31.7 Å². The Morgan fingerprint density at radius 3 is 2.92 bits per heavy atom. The SMILES string of the molecule is O=Cc1cc(I)c2c(Cl)csc2c1. The van der Waals surface area contributed by atoms with Gasteiger partial charge >= 0.3 is 0 Å². The van der Waals surface area contributed by atoms with Crippen LogP contribution in [0, 0.1) is 3.57 Å². The highest BCUT2D eigenvalue weighted by Gasteiger charge is 2.07. The Kier molecular flexibility index (Phi) is 2.58. The van der Waals surface area contributed by atoms with Crippen molar-refractivity contribution in [2.45, 2.75) is 0 Å². The molecule has 0 unspecified atom stereocenters. The van der Waals surface area contributed by atoms with E-state index in [1.807, 2.05) is 17.5 Å². The number of rotatable bonds is 1. The first-order valence-corrected chi connectivity index (χ1v) is 5.87. The van der Waals surface area contributed by atoms with Gasteiger partial charge in [-0.1, -0.05) is 11.6 Å². The van der Waals surface area contributed by atoms with Gasteiger partial charge in [0, 0.05) is 24.6 Å². The summed E-state index contributed by atoms with van der Waals surface area (Å²) >= 11 is 9.75. The average molecular weight is 323 g/mol. The fraction of sp³-hybridized carbons (Fsp3) is 0. The molecule has 1 aromatic heterocycles. The van der Waals surface area contributed by atoms with Crippen LogP contribution in [0.5, 0.6) is 0 Å². The zero-order valence-corrected chi connectivity index (χ0v) is 10.1. The monoisotopic (exact) mass is 322 g/mol. The lowest BCUT2D eigenvalue weighted by atomic mass is 10.2. The van der Waals surface area contributed by atoms with Crippen LogP contribution in [0.4, 0.5) is 0 Å². The zero-order chi connectivity index (χ0) is 9.42. The fourth-order valence-corrected chi connectivity index (χ4v) is 3.73. The molecule has 66 valence electrons. The predicted octanol–water partition coefficient (Wildman–Crippen LogP) is 3.97. The molecule has 0 aliphatic rings. The Labute approximate surface area is 97.8 Å². The van der Waals surface area contributed by atoms with Gasteiger partial charge < -0.3 is 0 Å². The summed E-state index contributed by atoms with van der Waals surface area (Å²) in [6, 6.07) is 3.70. The highest BCUT2D eigenvalue weighted by atomic mass is 127. The first kappa shape index (κ1) is 9.43. The third kappa shape index (κ3) is 1.60. The zero-order valence-electron chi connectivity index (χ0n) is 6.38. The Morgan fingerprint density at radius 2 is 2.23 bits per heavy atom. The van der Waals surface area contributed by atoms with Crippen LogP contribution >= 0.6 is 45.5 Å². The molecule has 13 heavy (non-hydrogen) atoms.